The lowest BCUT2D eigenvalue weighted by Gasteiger charge is -2.34. The zero-order valence-corrected chi connectivity index (χ0v) is 18.0. The van der Waals surface area contributed by atoms with E-state index in [0.717, 1.165) is 71.2 Å². The van der Waals surface area contributed by atoms with E-state index in [1.165, 1.54) is 11.3 Å². The van der Waals surface area contributed by atoms with Crippen LogP contribution in [0.2, 0.25) is 0 Å². The fourth-order valence-electron chi connectivity index (χ4n) is 3.78. The van der Waals surface area contributed by atoms with Gasteiger partial charge in [0.15, 0.2) is 5.96 Å². The van der Waals surface area contributed by atoms with Gasteiger partial charge in [-0.3, -0.25) is 0 Å². The Hall–Kier alpha value is -2.05. The minimum absolute atomic E-state index is 0.360. The minimum Gasteiger partial charge on any atom is -0.385 e. The van der Waals surface area contributed by atoms with Gasteiger partial charge in [0, 0.05) is 58.7 Å². The van der Waals surface area contributed by atoms with Crippen molar-refractivity contribution >= 4 is 11.6 Å². The minimum atomic E-state index is 0.360. The lowest BCUT2D eigenvalue weighted by Crippen LogP contribution is -2.47. The Kier molecular flexibility index (Phi) is 8.83. The van der Waals surface area contributed by atoms with Crippen LogP contribution in [0.1, 0.15) is 31.7 Å². The summed E-state index contributed by atoms with van der Waals surface area (Å²) >= 11 is 0. The number of methoxy groups -OCH3 is 1. The molecule has 29 heavy (non-hydrogen) atoms. The first kappa shape index (κ1) is 21.7. The van der Waals surface area contributed by atoms with Gasteiger partial charge in [-0.1, -0.05) is 24.3 Å². The van der Waals surface area contributed by atoms with Crippen molar-refractivity contribution in [2.45, 2.75) is 38.8 Å². The standard InChI is InChI=1S/C23H36N4O2/c1-3-24-23(27-15-11-22(12-16-27)29-18-6-17-28-2)25-19-20-7-9-21(10-8-20)26-13-4-5-14-26/h4-5,7-10,22H,3,6,11-19H2,1-2H3,(H,24,25). The van der Waals surface area contributed by atoms with Crippen LogP contribution in [0, 0.1) is 0 Å². The molecule has 1 fully saturated rings. The van der Waals surface area contributed by atoms with Gasteiger partial charge >= 0.3 is 0 Å². The number of likely N-dealkylation sites (tertiary alicyclic amines) is 1. The molecule has 6 nitrogen and oxygen atoms in total. The van der Waals surface area contributed by atoms with Crippen molar-refractivity contribution in [2.75, 3.05) is 57.9 Å². The number of nitrogens with one attached hydrogen (secondary N) is 1. The summed E-state index contributed by atoms with van der Waals surface area (Å²) in [5.74, 6) is 1.01. The maximum Gasteiger partial charge on any atom is 0.194 e. The van der Waals surface area contributed by atoms with Crippen LogP contribution in [-0.4, -0.2) is 70.0 Å². The molecule has 160 valence electrons. The second-order valence-corrected chi connectivity index (χ2v) is 7.62. The molecule has 6 heteroatoms. The van der Waals surface area contributed by atoms with Crippen molar-refractivity contribution in [1.82, 2.24) is 10.2 Å². The highest BCUT2D eigenvalue weighted by Crippen LogP contribution is 2.18. The Morgan fingerprint density at radius 3 is 2.48 bits per heavy atom. The summed E-state index contributed by atoms with van der Waals surface area (Å²) in [5.41, 5.74) is 2.52. The van der Waals surface area contributed by atoms with E-state index in [4.69, 9.17) is 14.5 Å². The van der Waals surface area contributed by atoms with E-state index in [1.807, 2.05) is 0 Å². The van der Waals surface area contributed by atoms with Gasteiger partial charge < -0.3 is 24.6 Å². The molecule has 0 saturated carbocycles. The molecule has 0 aliphatic carbocycles. The highest BCUT2D eigenvalue weighted by Gasteiger charge is 2.21. The Bertz CT molecular complexity index is 643. The molecule has 1 N–H and O–H groups in total. The quantitative estimate of drug-likeness (QED) is 0.299. The number of ether oxygens (including phenoxy) is 2. The summed E-state index contributed by atoms with van der Waals surface area (Å²) in [6.07, 6.45) is 7.86. The lowest BCUT2D eigenvalue weighted by molar-refractivity contribution is 0.00990. The molecule has 0 amide bonds. The van der Waals surface area contributed by atoms with Gasteiger partial charge in [-0.05, 0) is 43.9 Å². The number of nitrogens with zero attached hydrogens (tertiary/aromatic N) is 3. The normalized spacial score (nSPS) is 17.9. The SMILES string of the molecule is CCNC(=NCc1ccc(N2CC=CC2)cc1)N1CCC(OCCCOC)CC1. The van der Waals surface area contributed by atoms with Crippen molar-refractivity contribution in [3.63, 3.8) is 0 Å². The van der Waals surface area contributed by atoms with Crippen LogP contribution in [0.25, 0.3) is 0 Å². The number of hydrogen-bond donors (Lipinski definition) is 1. The molecule has 0 aromatic heterocycles. The van der Waals surface area contributed by atoms with E-state index in [-0.39, 0.29) is 0 Å². The summed E-state index contributed by atoms with van der Waals surface area (Å²) in [7, 11) is 1.74. The van der Waals surface area contributed by atoms with Gasteiger partial charge in [-0.15, -0.1) is 0 Å². The first-order chi connectivity index (χ1) is 14.3. The molecule has 1 saturated heterocycles. The Morgan fingerprint density at radius 2 is 1.83 bits per heavy atom. The topological polar surface area (TPSA) is 49.3 Å². The highest BCUT2D eigenvalue weighted by molar-refractivity contribution is 5.80. The van der Waals surface area contributed by atoms with Gasteiger partial charge in [0.05, 0.1) is 12.6 Å². The van der Waals surface area contributed by atoms with Crippen molar-refractivity contribution in [3.05, 3.63) is 42.0 Å². The Labute approximate surface area is 175 Å². The van der Waals surface area contributed by atoms with Crippen molar-refractivity contribution in [3.8, 4) is 0 Å². The van der Waals surface area contributed by atoms with Crippen molar-refractivity contribution in [2.24, 2.45) is 4.99 Å². The van der Waals surface area contributed by atoms with Crippen LogP contribution < -0.4 is 10.2 Å². The first-order valence-corrected chi connectivity index (χ1v) is 10.9. The summed E-state index contributed by atoms with van der Waals surface area (Å²) in [6, 6.07) is 8.80. The lowest BCUT2D eigenvalue weighted by atomic mass is 10.1. The predicted octanol–water partition coefficient (Wildman–Crippen LogP) is 3.05. The van der Waals surface area contributed by atoms with Gasteiger partial charge in [0.25, 0.3) is 0 Å². The number of aliphatic imine (C=N–C) groups is 1. The number of anilines is 1. The molecular formula is C23H36N4O2. The van der Waals surface area contributed by atoms with Crippen LogP contribution in [-0.2, 0) is 16.0 Å². The highest BCUT2D eigenvalue weighted by atomic mass is 16.5. The number of hydrogen-bond acceptors (Lipinski definition) is 4. The van der Waals surface area contributed by atoms with E-state index in [2.05, 4.69) is 58.5 Å². The summed E-state index contributed by atoms with van der Waals surface area (Å²) < 4.78 is 11.1. The molecule has 0 bridgehead atoms. The largest absolute Gasteiger partial charge is 0.385 e. The summed E-state index contributed by atoms with van der Waals surface area (Å²) in [5, 5.41) is 3.46. The number of guanidine groups is 1. The smallest absolute Gasteiger partial charge is 0.194 e. The molecule has 3 rings (SSSR count). The van der Waals surface area contributed by atoms with Gasteiger partial charge in [0.2, 0.25) is 0 Å². The van der Waals surface area contributed by atoms with Gasteiger partial charge in [-0.2, -0.15) is 0 Å². The number of benzene rings is 1. The molecular weight excluding hydrogens is 364 g/mol. The van der Waals surface area contributed by atoms with Crippen LogP contribution in [0.4, 0.5) is 5.69 Å². The van der Waals surface area contributed by atoms with Crippen LogP contribution in [0.15, 0.2) is 41.4 Å². The molecule has 0 radical (unpaired) electrons. The average molecular weight is 401 g/mol. The molecule has 1 aromatic rings. The monoisotopic (exact) mass is 400 g/mol. The van der Waals surface area contributed by atoms with E-state index in [1.54, 1.807) is 7.11 Å². The first-order valence-electron chi connectivity index (χ1n) is 10.9. The van der Waals surface area contributed by atoms with Gasteiger partial charge in [-0.25, -0.2) is 4.99 Å². The van der Waals surface area contributed by atoms with Crippen molar-refractivity contribution in [1.29, 1.82) is 0 Å². The molecule has 0 unspecified atom stereocenters. The van der Waals surface area contributed by atoms with E-state index < -0.39 is 0 Å². The third-order valence-electron chi connectivity index (χ3n) is 5.45. The van der Waals surface area contributed by atoms with Gasteiger partial charge in [0.1, 0.15) is 0 Å². The fourth-order valence-corrected chi connectivity index (χ4v) is 3.78. The number of piperidine rings is 1. The predicted molar refractivity (Wildman–Crippen MR) is 120 cm³/mol. The van der Waals surface area contributed by atoms with Crippen LogP contribution in [0.3, 0.4) is 0 Å². The molecule has 2 aliphatic heterocycles. The summed E-state index contributed by atoms with van der Waals surface area (Å²) in [6.45, 7) is 9.26. The Morgan fingerprint density at radius 1 is 1.10 bits per heavy atom. The molecule has 0 spiro atoms. The molecule has 1 aromatic carbocycles. The van der Waals surface area contributed by atoms with Crippen LogP contribution in [0.5, 0.6) is 0 Å². The molecule has 2 heterocycles. The van der Waals surface area contributed by atoms with Crippen molar-refractivity contribution < 1.29 is 9.47 Å². The molecule has 0 atom stereocenters. The zero-order valence-electron chi connectivity index (χ0n) is 18.0. The zero-order chi connectivity index (χ0) is 20.3. The fraction of sp³-hybridized carbons (Fsp3) is 0.609. The maximum absolute atomic E-state index is 5.98. The van der Waals surface area contributed by atoms with E-state index in [0.29, 0.717) is 12.6 Å². The second-order valence-electron chi connectivity index (χ2n) is 7.62. The second kappa shape index (κ2) is 11.8. The molecule has 2 aliphatic rings. The van der Waals surface area contributed by atoms with Crippen LogP contribution >= 0.6 is 0 Å². The summed E-state index contributed by atoms with van der Waals surface area (Å²) in [4.78, 5) is 9.62. The third kappa shape index (κ3) is 6.75. The third-order valence-corrected chi connectivity index (χ3v) is 5.45. The number of rotatable bonds is 9. The Balaban J connectivity index is 1.48. The van der Waals surface area contributed by atoms with E-state index >= 15 is 0 Å². The van der Waals surface area contributed by atoms with E-state index in [9.17, 15) is 0 Å². The average Bonchev–Trinajstić information content (AvgIpc) is 3.30. The maximum atomic E-state index is 5.98.